The van der Waals surface area contributed by atoms with Gasteiger partial charge >= 0.3 is 17.9 Å². The predicted octanol–water partition coefficient (Wildman–Crippen LogP) is 14.9. The minimum Gasteiger partial charge on any atom is -0.477 e. The quantitative estimate of drug-likeness (QED) is 0.0211. The maximum atomic E-state index is 12.8. The summed E-state index contributed by atoms with van der Waals surface area (Å²) in [6.45, 7) is 4.65. The number of carboxylic acids is 1. The number of unbranched alkanes of at least 4 members (excludes halogenated alkanes) is 11. The molecule has 0 aliphatic heterocycles. The highest BCUT2D eigenvalue weighted by atomic mass is 16.7. The highest BCUT2D eigenvalue weighted by Gasteiger charge is 2.25. The zero-order valence-electron chi connectivity index (χ0n) is 43.5. The van der Waals surface area contributed by atoms with Gasteiger partial charge in [0.1, 0.15) is 13.2 Å². The standard InChI is InChI=1S/C59H95NO8/c1-6-8-10-12-14-16-18-20-21-22-23-24-25-26-27-28-29-30-31-32-33-34-35-36-37-38-40-42-44-46-48-50-57(62)68-55(54-67-59(58(63)64)65-52-51-60(3,4)5)53-66-56(61)49-47-45-43-41-39-19-17-15-13-11-9-7-2/h8,10,14-17,20-21,23-24,26-27,29-30,32-33,35-36,38,40,55,59H,6-7,9,11-13,18-19,22,25,28,31,34,37,39,41-54H2,1-5H3/p+1/b10-8-,16-14-,17-15-,21-20-,24-23-,27-26-,30-29-,33-32-,36-35-,40-38-. The minimum absolute atomic E-state index is 0.173. The molecule has 0 aromatic rings. The van der Waals surface area contributed by atoms with Gasteiger partial charge < -0.3 is 28.5 Å². The van der Waals surface area contributed by atoms with Crippen molar-refractivity contribution in [3.05, 3.63) is 122 Å². The molecule has 2 atom stereocenters. The van der Waals surface area contributed by atoms with Crippen LogP contribution in [0.2, 0.25) is 0 Å². The summed E-state index contributed by atoms with van der Waals surface area (Å²) in [4.78, 5) is 37.2. The van der Waals surface area contributed by atoms with Gasteiger partial charge in [-0.15, -0.1) is 0 Å². The van der Waals surface area contributed by atoms with Crippen LogP contribution in [-0.2, 0) is 33.3 Å². The van der Waals surface area contributed by atoms with E-state index in [1.54, 1.807) is 0 Å². The molecule has 0 amide bonds. The number of esters is 2. The number of carboxylic acid groups (broad SMARTS) is 1. The Kier molecular flexibility index (Phi) is 46.0. The van der Waals surface area contributed by atoms with Crippen LogP contribution in [0.25, 0.3) is 0 Å². The maximum absolute atomic E-state index is 12.8. The molecular weight excluding hydrogens is 851 g/mol. The third-order valence-electron chi connectivity index (χ3n) is 10.5. The highest BCUT2D eigenvalue weighted by molar-refractivity contribution is 5.71. The van der Waals surface area contributed by atoms with E-state index in [1.807, 2.05) is 21.1 Å². The summed E-state index contributed by atoms with van der Waals surface area (Å²) in [5, 5.41) is 9.66. The van der Waals surface area contributed by atoms with Crippen LogP contribution >= 0.6 is 0 Å². The number of hydrogen-bond acceptors (Lipinski definition) is 7. The number of ether oxygens (including phenoxy) is 4. The highest BCUT2D eigenvalue weighted by Crippen LogP contribution is 2.12. The summed E-state index contributed by atoms with van der Waals surface area (Å²) < 4.78 is 22.7. The average Bonchev–Trinajstić information content (AvgIpc) is 3.30. The fraction of sp³-hybridized carbons (Fsp3) is 0.610. The molecule has 0 radical (unpaired) electrons. The fourth-order valence-electron chi connectivity index (χ4n) is 6.41. The lowest BCUT2D eigenvalue weighted by molar-refractivity contribution is -0.870. The van der Waals surface area contributed by atoms with Crippen molar-refractivity contribution in [3.8, 4) is 0 Å². The van der Waals surface area contributed by atoms with E-state index in [0.717, 1.165) is 122 Å². The van der Waals surface area contributed by atoms with Gasteiger partial charge in [-0.25, -0.2) is 4.79 Å². The average molecular weight is 947 g/mol. The Balaban J connectivity index is 4.38. The van der Waals surface area contributed by atoms with Crippen LogP contribution in [-0.4, -0.2) is 87.4 Å². The Morgan fingerprint density at radius 2 is 0.838 bits per heavy atom. The normalized spacial score (nSPS) is 13.8. The van der Waals surface area contributed by atoms with E-state index < -0.39 is 24.3 Å². The van der Waals surface area contributed by atoms with Crippen molar-refractivity contribution in [2.45, 2.75) is 187 Å². The van der Waals surface area contributed by atoms with Crippen LogP contribution < -0.4 is 0 Å². The molecule has 0 aliphatic rings. The summed E-state index contributed by atoms with van der Waals surface area (Å²) in [5.74, 6) is -2.08. The number of likely N-dealkylation sites (N-methyl/N-ethyl adjacent to an activating group) is 1. The van der Waals surface area contributed by atoms with E-state index in [4.69, 9.17) is 18.9 Å². The van der Waals surface area contributed by atoms with Crippen LogP contribution in [0, 0.1) is 0 Å². The molecule has 0 rings (SSSR count). The lowest BCUT2D eigenvalue weighted by Crippen LogP contribution is -2.40. The molecular formula is C59H96NO8+. The van der Waals surface area contributed by atoms with Gasteiger partial charge in [-0.05, 0) is 109 Å². The van der Waals surface area contributed by atoms with Crippen molar-refractivity contribution in [2.75, 3.05) is 47.5 Å². The molecule has 0 spiro atoms. The zero-order valence-corrected chi connectivity index (χ0v) is 43.5. The topological polar surface area (TPSA) is 108 Å². The second-order valence-corrected chi connectivity index (χ2v) is 18.1. The van der Waals surface area contributed by atoms with Crippen molar-refractivity contribution < 1.29 is 42.9 Å². The van der Waals surface area contributed by atoms with Gasteiger partial charge in [0.2, 0.25) is 0 Å². The van der Waals surface area contributed by atoms with Crippen molar-refractivity contribution in [3.63, 3.8) is 0 Å². The first-order chi connectivity index (χ1) is 33.1. The van der Waals surface area contributed by atoms with E-state index in [9.17, 15) is 19.5 Å². The Morgan fingerprint density at radius 3 is 1.28 bits per heavy atom. The van der Waals surface area contributed by atoms with Crippen LogP contribution in [0.1, 0.15) is 174 Å². The number of carbonyl (C=O) groups excluding carboxylic acids is 2. The van der Waals surface area contributed by atoms with Crippen LogP contribution in [0.4, 0.5) is 0 Å². The lowest BCUT2D eigenvalue weighted by Gasteiger charge is -2.25. The van der Waals surface area contributed by atoms with Crippen molar-refractivity contribution in [2.24, 2.45) is 0 Å². The third kappa shape index (κ3) is 49.6. The zero-order chi connectivity index (χ0) is 49.9. The Morgan fingerprint density at radius 1 is 0.456 bits per heavy atom. The molecule has 0 saturated carbocycles. The van der Waals surface area contributed by atoms with Crippen molar-refractivity contribution >= 4 is 17.9 Å². The first kappa shape index (κ1) is 63.7. The molecule has 0 saturated heterocycles. The SMILES string of the molecule is CC/C=C\C/C=C\C/C=C\C/C=C\C/C=C\C/C=C\C/C=C\C/C=C\C/C=C\CCCCCC(=O)OC(COC(=O)CCCCCCC/C=C\CCCCC)COC(OCC[N+](C)(C)C)C(=O)O. The summed E-state index contributed by atoms with van der Waals surface area (Å²) in [7, 11) is 5.93. The predicted molar refractivity (Wildman–Crippen MR) is 285 cm³/mol. The summed E-state index contributed by atoms with van der Waals surface area (Å²) in [5.41, 5.74) is 0. The first-order valence-corrected chi connectivity index (χ1v) is 26.2. The van der Waals surface area contributed by atoms with Gasteiger partial charge in [-0.3, -0.25) is 9.59 Å². The van der Waals surface area contributed by atoms with Crippen molar-refractivity contribution in [1.82, 2.24) is 0 Å². The lowest BCUT2D eigenvalue weighted by atomic mass is 10.1. The largest absolute Gasteiger partial charge is 0.477 e. The number of quaternary nitrogens is 1. The molecule has 0 heterocycles. The summed E-state index contributed by atoms with van der Waals surface area (Å²) in [6, 6.07) is 0. The van der Waals surface area contributed by atoms with E-state index in [2.05, 4.69) is 135 Å². The van der Waals surface area contributed by atoms with E-state index in [1.165, 1.54) is 19.3 Å². The fourth-order valence-corrected chi connectivity index (χ4v) is 6.41. The molecule has 1 N–H and O–H groups in total. The Labute approximate surface area is 415 Å². The van der Waals surface area contributed by atoms with Gasteiger partial charge in [0.05, 0.1) is 34.4 Å². The molecule has 0 aliphatic carbocycles. The van der Waals surface area contributed by atoms with Crippen molar-refractivity contribution in [1.29, 1.82) is 0 Å². The monoisotopic (exact) mass is 947 g/mol. The van der Waals surface area contributed by atoms with E-state index in [-0.39, 0.29) is 38.6 Å². The number of nitrogens with zero attached hydrogens (tertiary/aromatic N) is 1. The second kappa shape index (κ2) is 49.1. The van der Waals surface area contributed by atoms with Gasteiger partial charge in [0.15, 0.2) is 6.10 Å². The maximum Gasteiger partial charge on any atom is 0.361 e. The molecule has 384 valence electrons. The molecule has 0 fully saturated rings. The molecule has 2 unspecified atom stereocenters. The molecule has 9 heteroatoms. The van der Waals surface area contributed by atoms with Gasteiger partial charge in [-0.2, -0.15) is 0 Å². The second-order valence-electron chi connectivity index (χ2n) is 18.1. The number of rotatable bonds is 46. The summed E-state index contributed by atoms with van der Waals surface area (Å²) in [6.07, 6.45) is 65.6. The number of hydrogen-bond donors (Lipinski definition) is 1. The minimum atomic E-state index is -1.53. The number of aliphatic carboxylic acids is 1. The van der Waals surface area contributed by atoms with Gasteiger partial charge in [0.25, 0.3) is 6.29 Å². The van der Waals surface area contributed by atoms with Crippen LogP contribution in [0.3, 0.4) is 0 Å². The molecule has 9 nitrogen and oxygen atoms in total. The van der Waals surface area contributed by atoms with Crippen LogP contribution in [0.15, 0.2) is 122 Å². The third-order valence-corrected chi connectivity index (χ3v) is 10.5. The molecule has 0 bridgehead atoms. The van der Waals surface area contributed by atoms with Gasteiger partial charge in [-0.1, -0.05) is 174 Å². The molecule has 0 aromatic heterocycles. The first-order valence-electron chi connectivity index (χ1n) is 26.2. The van der Waals surface area contributed by atoms with Gasteiger partial charge in [0, 0.05) is 12.8 Å². The Bertz CT molecular complexity index is 1520. The summed E-state index contributed by atoms with van der Waals surface area (Å²) >= 11 is 0. The number of carbonyl (C=O) groups is 3. The Hall–Kier alpha value is -4.31. The molecule has 68 heavy (non-hydrogen) atoms. The smallest absolute Gasteiger partial charge is 0.361 e. The number of allylic oxidation sites excluding steroid dienone is 20. The van der Waals surface area contributed by atoms with E-state index in [0.29, 0.717) is 17.4 Å². The molecule has 0 aromatic carbocycles. The van der Waals surface area contributed by atoms with Crippen LogP contribution in [0.5, 0.6) is 0 Å². The van der Waals surface area contributed by atoms with E-state index >= 15 is 0 Å².